The van der Waals surface area contributed by atoms with E-state index in [0.717, 1.165) is 29.3 Å². The highest BCUT2D eigenvalue weighted by Gasteiger charge is 2.53. The molecule has 3 aliphatic rings. The number of likely N-dealkylation sites (tertiary alicyclic amines) is 1. The lowest BCUT2D eigenvalue weighted by molar-refractivity contribution is -0.142. The zero-order valence-corrected chi connectivity index (χ0v) is 20.3. The first-order valence-electron chi connectivity index (χ1n) is 11.9. The summed E-state index contributed by atoms with van der Waals surface area (Å²) in [6.07, 6.45) is 6.53. The second-order valence-electron chi connectivity index (χ2n) is 10.3. The number of fused-ring (bicyclic) bond motifs is 2. The Bertz CT molecular complexity index is 1190. The number of rotatable bonds is 4. The van der Waals surface area contributed by atoms with Crippen LogP contribution in [0.5, 0.6) is 0 Å². The molecule has 8 heteroatoms. The van der Waals surface area contributed by atoms with Crippen LogP contribution in [0.4, 0.5) is 0 Å². The topological polar surface area (TPSA) is 93.2 Å². The summed E-state index contributed by atoms with van der Waals surface area (Å²) < 4.78 is 3.43. The Balaban J connectivity index is 1.68. The van der Waals surface area contributed by atoms with Crippen molar-refractivity contribution in [1.29, 1.82) is 0 Å². The molecule has 5 unspecified atom stereocenters. The molecule has 8 nitrogen and oxygen atoms in total. The van der Waals surface area contributed by atoms with Gasteiger partial charge in [0.2, 0.25) is 0 Å². The number of ketones is 1. The normalized spacial score (nSPS) is 29.5. The van der Waals surface area contributed by atoms with Gasteiger partial charge in [0.15, 0.2) is 0 Å². The van der Waals surface area contributed by atoms with E-state index in [2.05, 4.69) is 17.1 Å². The summed E-state index contributed by atoms with van der Waals surface area (Å²) in [5.41, 5.74) is 3.70. The van der Waals surface area contributed by atoms with Crippen LogP contribution in [0.15, 0.2) is 11.8 Å². The molecule has 3 heterocycles. The number of carbonyl (C=O) groups excluding carboxylic acids is 2. The molecule has 5 atom stereocenters. The van der Waals surface area contributed by atoms with E-state index in [4.69, 9.17) is 0 Å². The summed E-state index contributed by atoms with van der Waals surface area (Å²) in [7, 11) is 3.65. The highest BCUT2D eigenvalue weighted by Crippen LogP contribution is 2.52. The molecule has 5 rings (SSSR count). The quantitative estimate of drug-likeness (QED) is 0.437. The molecular weight excluding hydrogens is 418 g/mol. The van der Waals surface area contributed by atoms with Gasteiger partial charge >= 0.3 is 0 Å². The molecule has 2 aromatic rings. The average Bonchev–Trinajstić information content (AvgIpc) is 3.56. The predicted molar refractivity (Wildman–Crippen MR) is 123 cm³/mol. The van der Waals surface area contributed by atoms with Crippen molar-refractivity contribution in [1.82, 2.24) is 24.5 Å². The monoisotopic (exact) mass is 451 g/mol. The third kappa shape index (κ3) is 3.09. The van der Waals surface area contributed by atoms with Gasteiger partial charge in [0.25, 0.3) is 11.7 Å². The van der Waals surface area contributed by atoms with Gasteiger partial charge < -0.3 is 10.0 Å². The van der Waals surface area contributed by atoms with Crippen molar-refractivity contribution in [3.05, 3.63) is 40.0 Å². The molecule has 0 radical (unpaired) electrons. The Morgan fingerprint density at radius 2 is 1.82 bits per heavy atom. The molecular formula is C25H33N5O3. The van der Waals surface area contributed by atoms with E-state index < -0.39 is 17.7 Å². The van der Waals surface area contributed by atoms with Crippen LogP contribution >= 0.6 is 0 Å². The molecule has 33 heavy (non-hydrogen) atoms. The van der Waals surface area contributed by atoms with Gasteiger partial charge in [0.05, 0.1) is 29.1 Å². The SMILES string of the molecule is Cc1nn(C)c(C)c1C(O)=C1C(=O)C(=O)N(C(C)C2CC3CCC2C3)C1c1cnn(C)c1C. The second-order valence-corrected chi connectivity index (χ2v) is 10.3. The molecule has 0 spiro atoms. The van der Waals surface area contributed by atoms with Gasteiger partial charge in [-0.25, -0.2) is 0 Å². The zero-order chi connectivity index (χ0) is 23.8. The number of amides is 1. The van der Waals surface area contributed by atoms with Crippen molar-refractivity contribution in [3.63, 3.8) is 0 Å². The largest absolute Gasteiger partial charge is 0.507 e. The molecule has 1 N–H and O–H groups in total. The minimum atomic E-state index is -0.660. The maximum Gasteiger partial charge on any atom is 0.295 e. The number of Topliss-reactive ketones (excluding diaryl/α,β-unsaturated/α-hetero) is 1. The third-order valence-electron chi connectivity index (χ3n) is 8.64. The standard InChI is InChI=1S/C25H33N5O3/c1-12-20(15(4)29(6)27-12)23(31)21-22(19-11-26-28(5)13(19)2)30(25(33)24(21)32)14(3)18-10-16-7-8-17(18)9-16/h11,14,16-18,22,31H,7-10H2,1-6H3. The number of aliphatic hydroxyl groups is 1. The van der Waals surface area contributed by atoms with Crippen LogP contribution in [-0.2, 0) is 23.7 Å². The van der Waals surface area contributed by atoms with Crippen LogP contribution in [0, 0.1) is 38.5 Å². The lowest BCUT2D eigenvalue weighted by atomic mass is 9.82. The lowest BCUT2D eigenvalue weighted by Crippen LogP contribution is -2.43. The highest BCUT2D eigenvalue weighted by atomic mass is 16.3. The Labute approximate surface area is 194 Å². The van der Waals surface area contributed by atoms with Crippen molar-refractivity contribution in [3.8, 4) is 0 Å². The smallest absolute Gasteiger partial charge is 0.295 e. The maximum absolute atomic E-state index is 13.5. The Kier molecular flexibility index (Phi) is 5.03. The van der Waals surface area contributed by atoms with E-state index in [0.29, 0.717) is 23.1 Å². The predicted octanol–water partition coefficient (Wildman–Crippen LogP) is 3.33. The Morgan fingerprint density at radius 3 is 2.33 bits per heavy atom. The molecule has 0 aromatic carbocycles. The Hall–Kier alpha value is -2.90. The van der Waals surface area contributed by atoms with Crippen molar-refractivity contribution >= 4 is 17.4 Å². The second kappa shape index (κ2) is 7.57. The van der Waals surface area contributed by atoms with Crippen molar-refractivity contribution < 1.29 is 14.7 Å². The molecule has 2 saturated carbocycles. The number of nitrogens with zero attached hydrogens (tertiary/aromatic N) is 5. The van der Waals surface area contributed by atoms with E-state index in [1.165, 1.54) is 19.3 Å². The van der Waals surface area contributed by atoms with Gasteiger partial charge in [-0.1, -0.05) is 6.42 Å². The third-order valence-corrected chi connectivity index (χ3v) is 8.64. The fraction of sp³-hybridized carbons (Fsp3) is 0.600. The fourth-order valence-corrected chi connectivity index (χ4v) is 6.70. The molecule has 176 valence electrons. The summed E-state index contributed by atoms with van der Waals surface area (Å²) >= 11 is 0. The van der Waals surface area contributed by atoms with E-state index in [1.54, 1.807) is 34.4 Å². The van der Waals surface area contributed by atoms with Crippen molar-refractivity contribution in [2.45, 2.75) is 65.5 Å². The first kappa shape index (κ1) is 21.9. The van der Waals surface area contributed by atoms with Crippen molar-refractivity contribution in [2.24, 2.45) is 31.8 Å². The van der Waals surface area contributed by atoms with E-state index in [9.17, 15) is 14.7 Å². The van der Waals surface area contributed by atoms with Crippen LogP contribution in [0.25, 0.3) is 5.76 Å². The first-order valence-corrected chi connectivity index (χ1v) is 11.9. The molecule has 2 bridgehead atoms. The maximum atomic E-state index is 13.5. The summed E-state index contributed by atoms with van der Waals surface area (Å²) in [5, 5.41) is 20.3. The number of aromatic nitrogens is 4. The number of hydrogen-bond donors (Lipinski definition) is 1. The average molecular weight is 452 g/mol. The summed E-state index contributed by atoms with van der Waals surface area (Å²) in [6.45, 7) is 7.68. The number of hydrogen-bond acceptors (Lipinski definition) is 5. The van der Waals surface area contributed by atoms with Crippen LogP contribution in [0.2, 0.25) is 0 Å². The van der Waals surface area contributed by atoms with Gasteiger partial charge in [-0.15, -0.1) is 0 Å². The van der Waals surface area contributed by atoms with Gasteiger partial charge in [-0.05, 0) is 64.7 Å². The van der Waals surface area contributed by atoms with Gasteiger partial charge in [0, 0.05) is 37.1 Å². The van der Waals surface area contributed by atoms with E-state index >= 15 is 0 Å². The molecule has 1 aliphatic heterocycles. The van der Waals surface area contributed by atoms with Gasteiger partial charge in [0.1, 0.15) is 5.76 Å². The molecule has 3 fully saturated rings. The summed E-state index contributed by atoms with van der Waals surface area (Å²) in [5.74, 6) is 0.417. The van der Waals surface area contributed by atoms with Crippen LogP contribution in [0.3, 0.4) is 0 Å². The minimum Gasteiger partial charge on any atom is -0.507 e. The number of carbonyl (C=O) groups is 2. The molecule has 1 saturated heterocycles. The molecule has 1 amide bonds. The van der Waals surface area contributed by atoms with E-state index in [1.807, 2.05) is 20.9 Å². The highest BCUT2D eigenvalue weighted by molar-refractivity contribution is 6.46. The lowest BCUT2D eigenvalue weighted by Gasteiger charge is -2.37. The summed E-state index contributed by atoms with van der Waals surface area (Å²) in [4.78, 5) is 28.7. The van der Waals surface area contributed by atoms with E-state index in [-0.39, 0.29) is 17.4 Å². The van der Waals surface area contributed by atoms with Crippen LogP contribution in [0.1, 0.15) is 66.9 Å². The van der Waals surface area contributed by atoms with Gasteiger partial charge in [-0.2, -0.15) is 10.2 Å². The number of aryl methyl sites for hydroxylation is 3. The molecule has 2 aromatic heterocycles. The van der Waals surface area contributed by atoms with Crippen LogP contribution in [-0.4, -0.2) is 47.3 Å². The minimum absolute atomic E-state index is 0.0947. The molecule has 2 aliphatic carbocycles. The van der Waals surface area contributed by atoms with Crippen molar-refractivity contribution in [2.75, 3.05) is 0 Å². The number of aliphatic hydroxyl groups excluding tert-OH is 1. The van der Waals surface area contributed by atoms with Crippen LogP contribution < -0.4 is 0 Å². The summed E-state index contributed by atoms with van der Waals surface area (Å²) in [6, 6.07) is -0.755. The zero-order valence-electron chi connectivity index (χ0n) is 20.3. The van der Waals surface area contributed by atoms with Gasteiger partial charge in [-0.3, -0.25) is 19.0 Å². The fourth-order valence-electron chi connectivity index (χ4n) is 6.70. The first-order chi connectivity index (χ1) is 15.6. The Morgan fingerprint density at radius 1 is 1.09 bits per heavy atom.